The minimum Gasteiger partial charge on any atom is -0.450 e. The van der Waals surface area contributed by atoms with Gasteiger partial charge in [0.05, 0.1) is 18.7 Å². The van der Waals surface area contributed by atoms with Crippen molar-refractivity contribution in [1.29, 1.82) is 0 Å². The maximum atomic E-state index is 12.7. The molecular formula is C20H21N3O3S. The van der Waals surface area contributed by atoms with E-state index in [0.29, 0.717) is 26.1 Å². The van der Waals surface area contributed by atoms with Crippen molar-refractivity contribution < 1.29 is 14.3 Å². The van der Waals surface area contributed by atoms with Gasteiger partial charge < -0.3 is 20.3 Å². The van der Waals surface area contributed by atoms with Gasteiger partial charge in [-0.1, -0.05) is 36.4 Å². The van der Waals surface area contributed by atoms with Crippen LogP contribution >= 0.6 is 11.3 Å². The normalized spacial score (nSPS) is 18.5. The van der Waals surface area contributed by atoms with E-state index in [-0.39, 0.29) is 18.2 Å². The fraction of sp³-hybridized carbons (Fsp3) is 0.300. The average molecular weight is 383 g/mol. The molecule has 0 aliphatic carbocycles. The van der Waals surface area contributed by atoms with Gasteiger partial charge in [0.2, 0.25) is 0 Å². The molecule has 27 heavy (non-hydrogen) atoms. The van der Waals surface area contributed by atoms with Crippen molar-refractivity contribution in [2.45, 2.75) is 26.1 Å². The summed E-state index contributed by atoms with van der Waals surface area (Å²) in [6, 6.07) is 9.96. The maximum absolute atomic E-state index is 12.7. The highest BCUT2D eigenvalue weighted by atomic mass is 32.1. The molecule has 0 spiro atoms. The predicted octanol–water partition coefficient (Wildman–Crippen LogP) is 3.46. The van der Waals surface area contributed by atoms with Gasteiger partial charge in [0, 0.05) is 11.4 Å². The number of hydrogen-bond donors (Lipinski definition) is 2. The molecule has 1 aromatic heterocycles. The Hall–Kier alpha value is -2.80. The molecular weight excluding hydrogens is 362 g/mol. The monoisotopic (exact) mass is 383 g/mol. The Morgan fingerprint density at radius 2 is 2.15 bits per heavy atom. The van der Waals surface area contributed by atoms with Gasteiger partial charge in [-0.2, -0.15) is 0 Å². The van der Waals surface area contributed by atoms with E-state index in [1.54, 1.807) is 23.2 Å². The van der Waals surface area contributed by atoms with Crippen molar-refractivity contribution in [3.63, 3.8) is 0 Å². The van der Waals surface area contributed by atoms with Gasteiger partial charge in [0.25, 0.3) is 5.91 Å². The van der Waals surface area contributed by atoms with Gasteiger partial charge in [-0.15, -0.1) is 11.3 Å². The highest BCUT2D eigenvalue weighted by Crippen LogP contribution is 2.39. The number of carbonyl (C=O) groups excluding carboxylic acids is 2. The van der Waals surface area contributed by atoms with Gasteiger partial charge in [-0.3, -0.25) is 4.79 Å². The van der Waals surface area contributed by atoms with E-state index in [4.69, 9.17) is 4.74 Å². The molecule has 3 heterocycles. The fourth-order valence-corrected chi connectivity index (χ4v) is 4.67. The summed E-state index contributed by atoms with van der Waals surface area (Å²) in [5.41, 5.74) is 2.85. The van der Waals surface area contributed by atoms with Crippen molar-refractivity contribution >= 4 is 34.4 Å². The molecule has 6 nitrogen and oxygen atoms in total. The number of carbonyl (C=O) groups is 2. The zero-order chi connectivity index (χ0) is 18.8. The largest absolute Gasteiger partial charge is 0.450 e. The summed E-state index contributed by atoms with van der Waals surface area (Å²) in [5, 5.41) is 7.26. The number of amides is 2. The molecule has 0 radical (unpaired) electrons. The smallest absolute Gasteiger partial charge is 0.410 e. The first-order chi connectivity index (χ1) is 13.2. The second-order valence-corrected chi connectivity index (χ2v) is 7.55. The molecule has 2 aliphatic rings. The third-order valence-electron chi connectivity index (χ3n) is 4.66. The van der Waals surface area contributed by atoms with Crippen molar-refractivity contribution in [1.82, 2.24) is 10.2 Å². The molecule has 2 N–H and O–H groups in total. The maximum Gasteiger partial charge on any atom is 0.410 e. The molecule has 2 aliphatic heterocycles. The van der Waals surface area contributed by atoms with E-state index in [2.05, 4.69) is 10.6 Å². The number of nitrogens with zero attached hydrogens (tertiary/aromatic N) is 1. The molecule has 0 fully saturated rings. The second-order valence-electron chi connectivity index (χ2n) is 6.44. The predicted molar refractivity (Wildman–Crippen MR) is 106 cm³/mol. The van der Waals surface area contributed by atoms with Crippen LogP contribution in [-0.4, -0.2) is 36.2 Å². The van der Waals surface area contributed by atoms with E-state index < -0.39 is 0 Å². The van der Waals surface area contributed by atoms with Crippen molar-refractivity contribution in [2.24, 2.45) is 0 Å². The van der Waals surface area contributed by atoms with E-state index in [9.17, 15) is 9.59 Å². The highest BCUT2D eigenvalue weighted by Gasteiger charge is 2.33. The van der Waals surface area contributed by atoms with Crippen LogP contribution in [0.25, 0.3) is 6.08 Å². The number of ether oxygens (including phenoxy) is 1. The lowest BCUT2D eigenvalue weighted by molar-refractivity contribution is 0.0941. The summed E-state index contributed by atoms with van der Waals surface area (Å²) in [6.07, 6.45) is 4.04. The zero-order valence-corrected chi connectivity index (χ0v) is 15.8. The summed E-state index contributed by atoms with van der Waals surface area (Å²) in [5.74, 6) is -0.0615. The highest BCUT2D eigenvalue weighted by molar-refractivity contribution is 7.16. The number of benzene rings is 1. The summed E-state index contributed by atoms with van der Waals surface area (Å²) in [6.45, 7) is 3.22. The first kappa shape index (κ1) is 17.6. The molecule has 0 saturated carbocycles. The molecule has 2 aromatic rings. The number of thiophene rings is 1. The minimum absolute atomic E-state index is 0.0615. The first-order valence-corrected chi connectivity index (χ1v) is 9.84. The topological polar surface area (TPSA) is 70.7 Å². The van der Waals surface area contributed by atoms with Crippen LogP contribution in [0.4, 0.5) is 9.80 Å². The molecule has 7 heteroatoms. The van der Waals surface area contributed by atoms with Gasteiger partial charge in [-0.05, 0) is 30.5 Å². The Bertz CT molecular complexity index is 891. The van der Waals surface area contributed by atoms with Crippen LogP contribution in [-0.2, 0) is 17.7 Å². The summed E-state index contributed by atoms with van der Waals surface area (Å²) in [4.78, 5) is 27.4. The number of fused-ring (bicyclic) bond motifs is 3. The Balaban J connectivity index is 1.52. The number of anilines is 1. The fourth-order valence-electron chi connectivity index (χ4n) is 3.37. The Labute approximate surface area is 161 Å². The standard InChI is InChI=1S/C20H21N3O3S/c1-2-26-20(25)23-11-10-14-15(12-23)27-19-17(14)18(24)21-16(22-19)9-8-13-6-4-3-5-7-13/h3-9,16,22H,2,10-12H2,1H3,(H,21,24)/b9-8-/t16-/m0/s1. The van der Waals surface area contributed by atoms with Crippen LogP contribution in [0.3, 0.4) is 0 Å². The van der Waals surface area contributed by atoms with Crippen molar-refractivity contribution in [3.05, 3.63) is 58.0 Å². The van der Waals surface area contributed by atoms with E-state index >= 15 is 0 Å². The lowest BCUT2D eigenvalue weighted by Gasteiger charge is -2.27. The average Bonchev–Trinajstić information content (AvgIpc) is 3.05. The second kappa shape index (κ2) is 7.44. The van der Waals surface area contributed by atoms with Gasteiger partial charge in [0.15, 0.2) is 0 Å². The molecule has 4 rings (SSSR count). The lowest BCUT2D eigenvalue weighted by Crippen LogP contribution is -2.43. The number of hydrogen-bond acceptors (Lipinski definition) is 5. The molecule has 1 atom stereocenters. The van der Waals surface area contributed by atoms with Crippen LogP contribution < -0.4 is 10.6 Å². The zero-order valence-electron chi connectivity index (χ0n) is 15.0. The summed E-state index contributed by atoms with van der Waals surface area (Å²) < 4.78 is 5.10. The molecule has 0 bridgehead atoms. The third-order valence-corrected chi connectivity index (χ3v) is 5.81. The van der Waals surface area contributed by atoms with E-state index in [1.165, 1.54) is 0 Å². The van der Waals surface area contributed by atoms with Gasteiger partial charge in [-0.25, -0.2) is 4.79 Å². The van der Waals surface area contributed by atoms with Crippen molar-refractivity contribution in [3.8, 4) is 0 Å². The Morgan fingerprint density at radius 3 is 2.93 bits per heavy atom. The lowest BCUT2D eigenvalue weighted by atomic mass is 10.0. The SMILES string of the molecule is CCOC(=O)N1CCc2c(sc3c2C(=O)N[C@H](/C=C\c2ccccc2)N3)C1. The molecule has 0 saturated heterocycles. The van der Waals surface area contributed by atoms with E-state index in [0.717, 1.165) is 26.6 Å². The molecule has 1 aromatic carbocycles. The van der Waals surface area contributed by atoms with Gasteiger partial charge in [0.1, 0.15) is 11.2 Å². The van der Waals surface area contributed by atoms with Crippen LogP contribution in [0.15, 0.2) is 36.4 Å². The Morgan fingerprint density at radius 1 is 1.33 bits per heavy atom. The summed E-state index contributed by atoms with van der Waals surface area (Å²) in [7, 11) is 0. The first-order valence-electron chi connectivity index (χ1n) is 9.02. The quantitative estimate of drug-likeness (QED) is 0.852. The minimum atomic E-state index is -0.296. The molecule has 0 unspecified atom stereocenters. The van der Waals surface area contributed by atoms with Crippen LogP contribution in [0.1, 0.15) is 33.3 Å². The third kappa shape index (κ3) is 3.55. The number of rotatable bonds is 3. The van der Waals surface area contributed by atoms with Crippen LogP contribution in [0, 0.1) is 0 Å². The summed E-state index contributed by atoms with van der Waals surface area (Å²) >= 11 is 1.55. The van der Waals surface area contributed by atoms with Gasteiger partial charge >= 0.3 is 6.09 Å². The number of nitrogens with one attached hydrogen (secondary N) is 2. The van der Waals surface area contributed by atoms with Crippen LogP contribution in [0.5, 0.6) is 0 Å². The van der Waals surface area contributed by atoms with E-state index in [1.807, 2.05) is 42.5 Å². The molecule has 2 amide bonds. The van der Waals surface area contributed by atoms with Crippen molar-refractivity contribution in [2.75, 3.05) is 18.5 Å². The van der Waals surface area contributed by atoms with Crippen LogP contribution in [0.2, 0.25) is 0 Å². The Kier molecular flexibility index (Phi) is 4.85. The molecule has 140 valence electrons.